The zero-order valence-electron chi connectivity index (χ0n) is 11.2. The average Bonchev–Trinajstić information content (AvgIpc) is 2.34. The Morgan fingerprint density at radius 1 is 1.44 bits per heavy atom. The molecule has 1 saturated heterocycles. The molecule has 18 heavy (non-hydrogen) atoms. The van der Waals surface area contributed by atoms with Gasteiger partial charge in [0, 0.05) is 6.54 Å². The van der Waals surface area contributed by atoms with Gasteiger partial charge in [-0.2, -0.15) is 0 Å². The lowest BCUT2D eigenvalue weighted by atomic mass is 10.00. The molecule has 0 saturated carbocycles. The quantitative estimate of drug-likeness (QED) is 0.636. The Morgan fingerprint density at radius 2 is 2.28 bits per heavy atom. The van der Waals surface area contributed by atoms with Gasteiger partial charge in [-0.15, -0.1) is 0 Å². The first-order valence-corrected chi connectivity index (χ1v) is 6.95. The summed E-state index contributed by atoms with van der Waals surface area (Å²) in [5.41, 5.74) is 7.40. The van der Waals surface area contributed by atoms with Crippen LogP contribution in [0.4, 0.5) is 5.69 Å². The zero-order chi connectivity index (χ0) is 13.0. The number of aromatic hydroxyl groups is 1. The topological polar surface area (TPSA) is 49.5 Å². The van der Waals surface area contributed by atoms with Gasteiger partial charge in [0.25, 0.3) is 0 Å². The number of hydrogen-bond donors (Lipinski definition) is 2. The summed E-state index contributed by atoms with van der Waals surface area (Å²) in [6.07, 6.45) is 4.92. The van der Waals surface area contributed by atoms with Gasteiger partial charge in [-0.25, -0.2) is 0 Å². The monoisotopic (exact) mass is 248 g/mol. The van der Waals surface area contributed by atoms with Crippen molar-refractivity contribution in [2.45, 2.75) is 32.6 Å². The zero-order valence-corrected chi connectivity index (χ0v) is 11.2. The third kappa shape index (κ3) is 3.64. The van der Waals surface area contributed by atoms with Gasteiger partial charge in [-0.05, 0) is 62.4 Å². The van der Waals surface area contributed by atoms with Crippen LogP contribution in [0.2, 0.25) is 0 Å². The van der Waals surface area contributed by atoms with Crippen LogP contribution in [0.25, 0.3) is 0 Å². The van der Waals surface area contributed by atoms with E-state index in [-0.39, 0.29) is 5.75 Å². The Morgan fingerprint density at radius 3 is 3.00 bits per heavy atom. The van der Waals surface area contributed by atoms with Crippen molar-refractivity contribution in [1.82, 2.24) is 4.90 Å². The maximum Gasteiger partial charge on any atom is 0.138 e. The second-order valence-corrected chi connectivity index (χ2v) is 5.54. The van der Waals surface area contributed by atoms with E-state index < -0.39 is 0 Å². The first-order chi connectivity index (χ1) is 8.65. The Labute approximate surface area is 110 Å². The minimum absolute atomic E-state index is 0.184. The van der Waals surface area contributed by atoms with Gasteiger partial charge in [0.1, 0.15) is 5.75 Å². The molecule has 0 aliphatic carbocycles. The fourth-order valence-corrected chi connectivity index (χ4v) is 2.76. The van der Waals surface area contributed by atoms with Gasteiger partial charge in [0.05, 0.1) is 5.69 Å². The SMILES string of the molecule is CC1CCCN(CCCc2ccc(O)c(N)c2)C1. The molecule has 1 aliphatic heterocycles. The van der Waals surface area contributed by atoms with Gasteiger partial charge < -0.3 is 15.7 Å². The number of likely N-dealkylation sites (tertiary alicyclic amines) is 1. The normalized spacial score (nSPS) is 21.1. The molecule has 1 fully saturated rings. The van der Waals surface area contributed by atoms with Gasteiger partial charge in [-0.1, -0.05) is 13.0 Å². The number of phenols is 1. The summed E-state index contributed by atoms with van der Waals surface area (Å²) in [6, 6.07) is 5.53. The van der Waals surface area contributed by atoms with Gasteiger partial charge in [0.15, 0.2) is 0 Å². The second-order valence-electron chi connectivity index (χ2n) is 5.54. The molecule has 0 spiro atoms. The van der Waals surface area contributed by atoms with Crippen LogP contribution < -0.4 is 5.73 Å². The molecule has 3 heteroatoms. The maximum absolute atomic E-state index is 9.37. The third-order valence-corrected chi connectivity index (χ3v) is 3.77. The average molecular weight is 248 g/mol. The molecule has 3 nitrogen and oxygen atoms in total. The molecule has 0 bridgehead atoms. The van der Waals surface area contributed by atoms with Gasteiger partial charge in [0.2, 0.25) is 0 Å². The highest BCUT2D eigenvalue weighted by Gasteiger charge is 2.15. The van der Waals surface area contributed by atoms with Crippen molar-refractivity contribution in [3.8, 4) is 5.75 Å². The smallest absolute Gasteiger partial charge is 0.138 e. The molecule has 0 amide bonds. The summed E-state index contributed by atoms with van der Waals surface area (Å²) in [5, 5.41) is 9.37. The summed E-state index contributed by atoms with van der Waals surface area (Å²) in [5.74, 6) is 1.03. The lowest BCUT2D eigenvalue weighted by Gasteiger charge is -2.30. The molecule has 1 heterocycles. The third-order valence-electron chi connectivity index (χ3n) is 3.77. The highest BCUT2D eigenvalue weighted by atomic mass is 16.3. The van der Waals surface area contributed by atoms with E-state index in [1.165, 1.54) is 38.0 Å². The molecular weight excluding hydrogens is 224 g/mol. The second kappa shape index (κ2) is 6.10. The molecule has 100 valence electrons. The van der Waals surface area contributed by atoms with Crippen molar-refractivity contribution in [2.75, 3.05) is 25.4 Å². The van der Waals surface area contributed by atoms with Crippen LogP contribution in [0.1, 0.15) is 31.7 Å². The van der Waals surface area contributed by atoms with Crippen LogP contribution in [0.5, 0.6) is 5.75 Å². The largest absolute Gasteiger partial charge is 0.506 e. The Kier molecular flexibility index (Phi) is 4.48. The Balaban J connectivity index is 1.76. The fourth-order valence-electron chi connectivity index (χ4n) is 2.76. The molecule has 1 aliphatic rings. The molecule has 1 aromatic rings. The molecule has 0 aromatic heterocycles. The van der Waals surface area contributed by atoms with Crippen LogP contribution >= 0.6 is 0 Å². The van der Waals surface area contributed by atoms with E-state index >= 15 is 0 Å². The van der Waals surface area contributed by atoms with Crippen molar-refractivity contribution < 1.29 is 5.11 Å². The Bertz CT molecular complexity index is 392. The number of anilines is 1. The molecule has 2 rings (SSSR count). The van der Waals surface area contributed by atoms with Crippen LogP contribution in [0.15, 0.2) is 18.2 Å². The van der Waals surface area contributed by atoms with E-state index in [1.807, 2.05) is 12.1 Å². The van der Waals surface area contributed by atoms with Gasteiger partial charge >= 0.3 is 0 Å². The number of nitrogens with zero attached hydrogens (tertiary/aromatic N) is 1. The predicted octanol–water partition coefficient (Wildman–Crippen LogP) is 2.64. The van der Waals surface area contributed by atoms with Crippen LogP contribution in [0.3, 0.4) is 0 Å². The van der Waals surface area contributed by atoms with Crippen molar-refractivity contribution in [2.24, 2.45) is 5.92 Å². The standard InChI is InChI=1S/C15H24N2O/c1-12-4-2-8-17(11-12)9-3-5-13-6-7-15(18)14(16)10-13/h6-7,10,12,18H,2-5,8-9,11,16H2,1H3. The summed E-state index contributed by atoms with van der Waals surface area (Å²) >= 11 is 0. The molecule has 1 unspecified atom stereocenters. The van der Waals surface area contributed by atoms with Crippen LogP contribution in [0, 0.1) is 5.92 Å². The van der Waals surface area contributed by atoms with E-state index in [9.17, 15) is 5.11 Å². The van der Waals surface area contributed by atoms with Crippen LogP contribution in [-0.2, 0) is 6.42 Å². The minimum atomic E-state index is 0.184. The molecule has 1 atom stereocenters. The Hall–Kier alpha value is -1.22. The lowest BCUT2D eigenvalue weighted by molar-refractivity contribution is 0.182. The van der Waals surface area contributed by atoms with E-state index in [1.54, 1.807) is 6.07 Å². The van der Waals surface area contributed by atoms with E-state index in [4.69, 9.17) is 5.73 Å². The summed E-state index contributed by atoms with van der Waals surface area (Å²) in [6.45, 7) is 6.01. The van der Waals surface area contributed by atoms with Crippen molar-refractivity contribution in [1.29, 1.82) is 0 Å². The maximum atomic E-state index is 9.37. The first-order valence-electron chi connectivity index (χ1n) is 6.95. The molecule has 0 radical (unpaired) electrons. The molecule has 1 aromatic carbocycles. The number of rotatable bonds is 4. The van der Waals surface area contributed by atoms with Gasteiger partial charge in [-0.3, -0.25) is 0 Å². The first kappa shape index (κ1) is 13.2. The number of hydrogen-bond acceptors (Lipinski definition) is 3. The summed E-state index contributed by atoms with van der Waals surface area (Å²) in [7, 11) is 0. The summed E-state index contributed by atoms with van der Waals surface area (Å²) < 4.78 is 0. The highest BCUT2D eigenvalue weighted by molar-refractivity contribution is 5.53. The van der Waals surface area contributed by atoms with Crippen molar-refractivity contribution in [3.63, 3.8) is 0 Å². The number of nitrogens with two attached hydrogens (primary N) is 1. The van der Waals surface area contributed by atoms with Crippen molar-refractivity contribution in [3.05, 3.63) is 23.8 Å². The molecular formula is C15H24N2O. The van der Waals surface area contributed by atoms with E-state index in [0.29, 0.717) is 5.69 Å². The lowest BCUT2D eigenvalue weighted by Crippen LogP contribution is -2.35. The predicted molar refractivity (Wildman–Crippen MR) is 75.7 cm³/mol. The van der Waals surface area contributed by atoms with E-state index in [0.717, 1.165) is 18.8 Å². The molecule has 3 N–H and O–H groups in total. The van der Waals surface area contributed by atoms with E-state index in [2.05, 4.69) is 11.8 Å². The van der Waals surface area contributed by atoms with Crippen LogP contribution in [-0.4, -0.2) is 29.6 Å². The van der Waals surface area contributed by atoms with Crippen molar-refractivity contribution >= 4 is 5.69 Å². The minimum Gasteiger partial charge on any atom is -0.506 e. The summed E-state index contributed by atoms with van der Waals surface area (Å²) in [4.78, 5) is 2.57. The number of nitrogen functional groups attached to an aromatic ring is 1. The number of piperidine rings is 1. The fraction of sp³-hybridized carbons (Fsp3) is 0.600. The highest BCUT2D eigenvalue weighted by Crippen LogP contribution is 2.21. The number of phenolic OH excluding ortho intramolecular Hbond substituents is 1. The number of aryl methyl sites for hydroxylation is 1. The number of benzene rings is 1.